The van der Waals surface area contributed by atoms with E-state index in [1.807, 2.05) is 0 Å². The predicted molar refractivity (Wildman–Crippen MR) is 55.4 cm³/mol. The zero-order chi connectivity index (χ0) is 10.7. The maximum absolute atomic E-state index is 12.6. The van der Waals surface area contributed by atoms with Crippen LogP contribution < -0.4 is 0 Å². The lowest BCUT2D eigenvalue weighted by molar-refractivity contribution is 0.145. The monoisotopic (exact) mass is 329 g/mol. The minimum atomic E-state index is -2.63. The first kappa shape index (κ1) is 12.0. The highest BCUT2D eigenvalue weighted by atomic mass is 79.9. The van der Waals surface area contributed by atoms with E-state index in [0.29, 0.717) is 4.47 Å². The summed E-state index contributed by atoms with van der Waals surface area (Å²) < 4.78 is 25.7. The topological polar surface area (TPSA) is 33.1 Å². The van der Waals surface area contributed by atoms with Gasteiger partial charge in [-0.3, -0.25) is 4.98 Å². The molecule has 0 fully saturated rings. The van der Waals surface area contributed by atoms with Crippen LogP contribution in [0.1, 0.15) is 23.2 Å². The summed E-state index contributed by atoms with van der Waals surface area (Å²) in [6.45, 7) is -0.428. The smallest absolute Gasteiger partial charge is 0.266 e. The van der Waals surface area contributed by atoms with Crippen LogP contribution in [0.15, 0.2) is 10.7 Å². The molecule has 0 bridgehead atoms. The first-order valence-electron chi connectivity index (χ1n) is 3.73. The van der Waals surface area contributed by atoms with E-state index in [4.69, 9.17) is 5.11 Å². The van der Waals surface area contributed by atoms with E-state index in [9.17, 15) is 8.78 Å². The molecule has 14 heavy (non-hydrogen) atoms. The van der Waals surface area contributed by atoms with Gasteiger partial charge < -0.3 is 5.11 Å². The van der Waals surface area contributed by atoms with Crippen molar-refractivity contribution < 1.29 is 13.9 Å². The van der Waals surface area contributed by atoms with E-state index in [-0.39, 0.29) is 22.2 Å². The van der Waals surface area contributed by atoms with Crippen molar-refractivity contribution in [3.05, 3.63) is 27.5 Å². The fraction of sp³-hybridized carbons (Fsp3) is 0.375. The zero-order valence-electron chi connectivity index (χ0n) is 6.98. The van der Waals surface area contributed by atoms with Crippen LogP contribution in [0.4, 0.5) is 8.78 Å². The predicted octanol–water partition coefficient (Wildman–Crippen LogP) is 3.17. The third-order valence-corrected chi connectivity index (χ3v) is 2.98. The van der Waals surface area contributed by atoms with Gasteiger partial charge in [-0.2, -0.15) is 0 Å². The average molecular weight is 331 g/mol. The van der Waals surface area contributed by atoms with Gasteiger partial charge in [0.2, 0.25) is 0 Å². The highest BCUT2D eigenvalue weighted by molar-refractivity contribution is 9.10. The number of hydrogen-bond acceptors (Lipinski definition) is 2. The Hall–Kier alpha value is -0.0700. The van der Waals surface area contributed by atoms with Crippen molar-refractivity contribution in [3.63, 3.8) is 0 Å². The molecule has 0 aliphatic carbocycles. The van der Waals surface area contributed by atoms with Gasteiger partial charge in [-0.1, -0.05) is 15.9 Å². The van der Waals surface area contributed by atoms with Gasteiger partial charge in [-0.25, -0.2) is 8.78 Å². The van der Waals surface area contributed by atoms with Crippen molar-refractivity contribution >= 4 is 31.9 Å². The van der Waals surface area contributed by atoms with Gasteiger partial charge in [0.1, 0.15) is 0 Å². The molecule has 0 spiro atoms. The first-order valence-corrected chi connectivity index (χ1v) is 5.64. The van der Waals surface area contributed by atoms with E-state index in [2.05, 4.69) is 36.8 Å². The van der Waals surface area contributed by atoms with Crippen molar-refractivity contribution in [1.29, 1.82) is 0 Å². The molecule has 0 radical (unpaired) electrons. The van der Waals surface area contributed by atoms with Gasteiger partial charge >= 0.3 is 0 Å². The Labute approximate surface area is 96.6 Å². The summed E-state index contributed by atoms with van der Waals surface area (Å²) in [5.41, 5.74) is 0.260. The van der Waals surface area contributed by atoms with Gasteiger partial charge in [-0.15, -0.1) is 0 Å². The number of nitrogens with zero attached hydrogens (tertiary/aromatic N) is 1. The maximum atomic E-state index is 12.6. The maximum Gasteiger partial charge on any atom is 0.266 e. The van der Waals surface area contributed by atoms with Crippen molar-refractivity contribution in [1.82, 2.24) is 4.98 Å². The molecule has 0 amide bonds. The van der Waals surface area contributed by atoms with E-state index >= 15 is 0 Å². The molecular formula is C8H7Br2F2NO. The number of halogens is 4. The molecule has 78 valence electrons. The molecule has 0 saturated heterocycles. The third-order valence-electron chi connectivity index (χ3n) is 1.76. The molecule has 0 aromatic carbocycles. The van der Waals surface area contributed by atoms with Crippen LogP contribution in [0.5, 0.6) is 0 Å². The summed E-state index contributed by atoms with van der Waals surface area (Å²) in [6.07, 6.45) is -1.22. The Morgan fingerprint density at radius 2 is 2.14 bits per heavy atom. The SMILES string of the molecule is OCc1c(Br)cnc(CBr)c1C(F)F. The van der Waals surface area contributed by atoms with Crippen LogP contribution in [0.2, 0.25) is 0 Å². The molecule has 0 aliphatic heterocycles. The summed E-state index contributed by atoms with van der Waals surface area (Å²) in [4.78, 5) is 3.84. The minimum Gasteiger partial charge on any atom is -0.392 e. The Bertz CT molecular complexity index is 333. The second-order valence-electron chi connectivity index (χ2n) is 2.54. The van der Waals surface area contributed by atoms with Crippen LogP contribution >= 0.6 is 31.9 Å². The van der Waals surface area contributed by atoms with Gasteiger partial charge in [0.05, 0.1) is 12.3 Å². The second kappa shape index (κ2) is 5.14. The molecule has 2 nitrogen and oxygen atoms in total. The number of aliphatic hydroxyl groups is 1. The van der Waals surface area contributed by atoms with Crippen LogP contribution in [0, 0.1) is 0 Å². The number of aromatic nitrogens is 1. The van der Waals surface area contributed by atoms with Crippen LogP contribution in [-0.4, -0.2) is 10.1 Å². The Morgan fingerprint density at radius 1 is 1.50 bits per heavy atom. The summed E-state index contributed by atoms with van der Waals surface area (Å²) in [5, 5.41) is 9.20. The Morgan fingerprint density at radius 3 is 2.57 bits per heavy atom. The fourth-order valence-electron chi connectivity index (χ4n) is 1.11. The molecule has 6 heteroatoms. The lowest BCUT2D eigenvalue weighted by Gasteiger charge is -2.11. The quantitative estimate of drug-likeness (QED) is 0.863. The van der Waals surface area contributed by atoms with Crippen LogP contribution in [0.3, 0.4) is 0 Å². The lowest BCUT2D eigenvalue weighted by atomic mass is 10.1. The van der Waals surface area contributed by atoms with E-state index in [1.54, 1.807) is 0 Å². The molecule has 0 saturated carbocycles. The molecule has 0 aliphatic rings. The Kier molecular flexibility index (Phi) is 4.40. The number of aliphatic hydroxyl groups excluding tert-OH is 1. The standard InChI is InChI=1S/C8H7Br2F2NO/c9-1-6-7(8(11)12)4(3-14)5(10)2-13-6/h2,8,14H,1,3H2. The van der Waals surface area contributed by atoms with Crippen molar-refractivity contribution in [2.24, 2.45) is 0 Å². The highest BCUT2D eigenvalue weighted by Gasteiger charge is 2.20. The van der Waals surface area contributed by atoms with E-state index in [0.717, 1.165) is 0 Å². The van der Waals surface area contributed by atoms with Crippen molar-refractivity contribution in [2.45, 2.75) is 18.4 Å². The number of hydrogen-bond donors (Lipinski definition) is 1. The van der Waals surface area contributed by atoms with E-state index in [1.165, 1.54) is 6.20 Å². The third kappa shape index (κ3) is 2.29. The number of pyridine rings is 1. The normalized spacial score (nSPS) is 11.0. The van der Waals surface area contributed by atoms with Crippen molar-refractivity contribution in [3.8, 4) is 0 Å². The lowest BCUT2D eigenvalue weighted by Crippen LogP contribution is -2.03. The minimum absolute atomic E-state index is 0.196. The highest BCUT2D eigenvalue weighted by Crippen LogP contribution is 2.31. The molecule has 1 aromatic rings. The molecule has 1 rings (SSSR count). The average Bonchev–Trinajstić information content (AvgIpc) is 2.17. The van der Waals surface area contributed by atoms with Gasteiger partial charge in [-0.05, 0) is 15.9 Å². The first-order chi connectivity index (χ1) is 6.61. The van der Waals surface area contributed by atoms with Crippen molar-refractivity contribution in [2.75, 3.05) is 0 Å². The largest absolute Gasteiger partial charge is 0.392 e. The van der Waals surface area contributed by atoms with Gasteiger partial charge in [0, 0.05) is 27.1 Å². The fourth-order valence-corrected chi connectivity index (χ4v) is 2.00. The summed E-state index contributed by atoms with van der Waals surface area (Å²) in [7, 11) is 0. The van der Waals surface area contributed by atoms with E-state index < -0.39 is 13.0 Å². The molecule has 1 N–H and O–H groups in total. The van der Waals surface area contributed by atoms with Gasteiger partial charge in [0.15, 0.2) is 0 Å². The summed E-state index contributed by atoms with van der Waals surface area (Å²) in [6, 6.07) is 0. The zero-order valence-corrected chi connectivity index (χ0v) is 10.1. The molecule has 0 atom stereocenters. The van der Waals surface area contributed by atoms with Crippen LogP contribution in [-0.2, 0) is 11.9 Å². The molecular weight excluding hydrogens is 324 g/mol. The summed E-state index contributed by atoms with van der Waals surface area (Å²) >= 11 is 6.14. The number of alkyl halides is 3. The Balaban J connectivity index is 3.36. The second-order valence-corrected chi connectivity index (χ2v) is 3.95. The number of rotatable bonds is 3. The van der Waals surface area contributed by atoms with Crippen LogP contribution in [0.25, 0.3) is 0 Å². The molecule has 0 unspecified atom stereocenters. The van der Waals surface area contributed by atoms with Gasteiger partial charge in [0.25, 0.3) is 6.43 Å². The molecule has 1 aromatic heterocycles. The molecule has 1 heterocycles. The summed E-state index contributed by atoms with van der Waals surface area (Å²) in [5.74, 6) is 0.